The first-order chi connectivity index (χ1) is 5.57. The van der Waals surface area contributed by atoms with E-state index in [-0.39, 0.29) is 12.5 Å². The van der Waals surface area contributed by atoms with E-state index in [1.54, 1.807) is 11.8 Å². The van der Waals surface area contributed by atoms with Crippen LogP contribution in [0.4, 0.5) is 0 Å². The highest BCUT2D eigenvalue weighted by atomic mass is 32.2. The Morgan fingerprint density at radius 3 is 2.42 bits per heavy atom. The van der Waals surface area contributed by atoms with Gasteiger partial charge in [0.2, 0.25) is 0 Å². The Morgan fingerprint density at radius 2 is 2.00 bits per heavy atom. The maximum absolute atomic E-state index is 11.1. The van der Waals surface area contributed by atoms with Gasteiger partial charge in [0, 0.05) is 12.5 Å². The molecule has 0 aromatic heterocycles. The van der Waals surface area contributed by atoms with Crippen LogP contribution in [0, 0.1) is 11.8 Å². The predicted octanol–water partition coefficient (Wildman–Crippen LogP) is 1.57. The number of carbonyl (C=O) groups excluding carboxylic acids is 1. The van der Waals surface area contributed by atoms with Crippen molar-refractivity contribution in [1.82, 2.24) is 0 Å². The molecule has 0 amide bonds. The Balaban J connectivity index is 3.37. The Hall–Kier alpha value is -0.0200. The molecule has 0 radical (unpaired) electrons. The van der Waals surface area contributed by atoms with Gasteiger partial charge in [-0.25, -0.2) is 0 Å². The van der Waals surface area contributed by atoms with Gasteiger partial charge in [0.15, 0.2) is 0 Å². The summed E-state index contributed by atoms with van der Waals surface area (Å²) in [6.07, 6.45) is 0. The average molecular weight is 190 g/mol. The van der Waals surface area contributed by atoms with Crippen LogP contribution in [-0.4, -0.2) is 29.0 Å². The Labute approximate surface area is 78.7 Å². The van der Waals surface area contributed by atoms with Crippen LogP contribution < -0.4 is 0 Å². The molecule has 0 aliphatic heterocycles. The van der Waals surface area contributed by atoms with Crippen molar-refractivity contribution in [2.24, 2.45) is 11.8 Å². The molecule has 0 spiro atoms. The van der Waals surface area contributed by atoms with Crippen LogP contribution in [0.25, 0.3) is 0 Å². The van der Waals surface area contributed by atoms with Crippen molar-refractivity contribution < 1.29 is 9.90 Å². The highest BCUT2D eigenvalue weighted by Gasteiger charge is 2.07. The molecular formula is C9H18O2S. The first-order valence-corrected chi connectivity index (χ1v) is 5.44. The lowest BCUT2D eigenvalue weighted by molar-refractivity contribution is -0.119. The zero-order chi connectivity index (χ0) is 9.56. The van der Waals surface area contributed by atoms with Gasteiger partial charge in [-0.15, -0.1) is 0 Å². The van der Waals surface area contributed by atoms with Crippen molar-refractivity contribution >= 4 is 17.5 Å². The topological polar surface area (TPSA) is 37.3 Å². The van der Waals surface area contributed by atoms with Crippen molar-refractivity contribution in [3.8, 4) is 0 Å². The quantitative estimate of drug-likeness (QED) is 0.691. The summed E-state index contributed by atoms with van der Waals surface area (Å²) in [5.41, 5.74) is 0. The van der Waals surface area contributed by atoms with Crippen LogP contribution in [-0.2, 0) is 4.79 Å². The molecular weight excluding hydrogens is 172 g/mol. The van der Waals surface area contributed by atoms with E-state index < -0.39 is 0 Å². The van der Waals surface area contributed by atoms with Crippen molar-refractivity contribution in [2.45, 2.75) is 20.8 Å². The number of rotatable bonds is 6. The van der Waals surface area contributed by atoms with Crippen LogP contribution in [0.15, 0.2) is 0 Å². The zero-order valence-electron chi connectivity index (χ0n) is 8.04. The number of ketones is 1. The van der Waals surface area contributed by atoms with E-state index in [9.17, 15) is 4.79 Å². The molecule has 0 rings (SSSR count). The Kier molecular flexibility index (Phi) is 6.48. The maximum Gasteiger partial charge on any atom is 0.145 e. The van der Waals surface area contributed by atoms with Gasteiger partial charge in [0.25, 0.3) is 0 Å². The number of Topliss-reactive ketones (excluding diaryl/α,β-unsaturated/α-hetero) is 1. The van der Waals surface area contributed by atoms with Crippen LogP contribution >= 0.6 is 11.8 Å². The van der Waals surface area contributed by atoms with Crippen LogP contribution in [0.2, 0.25) is 0 Å². The molecule has 0 aliphatic carbocycles. The summed E-state index contributed by atoms with van der Waals surface area (Å²) in [5.74, 6) is 2.19. The van der Waals surface area contributed by atoms with Crippen LogP contribution in [0.5, 0.6) is 0 Å². The van der Waals surface area contributed by atoms with Gasteiger partial charge in [-0.3, -0.25) is 4.79 Å². The number of thioether (sulfide) groups is 1. The van der Waals surface area contributed by atoms with Crippen molar-refractivity contribution in [2.75, 3.05) is 18.1 Å². The molecule has 0 aliphatic rings. The van der Waals surface area contributed by atoms with Gasteiger partial charge in [0.1, 0.15) is 5.78 Å². The lowest BCUT2D eigenvalue weighted by Gasteiger charge is -2.07. The third-order valence-corrected chi connectivity index (χ3v) is 2.90. The molecule has 0 aromatic carbocycles. The molecule has 1 unspecified atom stereocenters. The third-order valence-electron chi connectivity index (χ3n) is 1.60. The van der Waals surface area contributed by atoms with Crippen LogP contribution in [0.3, 0.4) is 0 Å². The highest BCUT2D eigenvalue weighted by molar-refractivity contribution is 7.99. The zero-order valence-corrected chi connectivity index (χ0v) is 8.86. The Bertz CT molecular complexity index is 134. The average Bonchev–Trinajstić information content (AvgIpc) is 2.03. The van der Waals surface area contributed by atoms with E-state index in [4.69, 9.17) is 5.11 Å². The molecule has 0 saturated heterocycles. The number of carbonyl (C=O) groups is 1. The van der Waals surface area contributed by atoms with Crippen LogP contribution in [0.1, 0.15) is 20.8 Å². The molecule has 12 heavy (non-hydrogen) atoms. The maximum atomic E-state index is 11.1. The van der Waals surface area contributed by atoms with E-state index in [1.807, 2.05) is 20.8 Å². The minimum Gasteiger partial charge on any atom is -0.396 e. The van der Waals surface area contributed by atoms with E-state index in [0.717, 1.165) is 5.75 Å². The van der Waals surface area contributed by atoms with E-state index in [2.05, 4.69) is 0 Å². The van der Waals surface area contributed by atoms with E-state index in [0.29, 0.717) is 17.5 Å². The number of hydrogen-bond donors (Lipinski definition) is 1. The van der Waals surface area contributed by atoms with Gasteiger partial charge in [-0.2, -0.15) is 11.8 Å². The minimum atomic E-state index is 0.141. The molecule has 1 atom stereocenters. The van der Waals surface area contributed by atoms with Gasteiger partial charge < -0.3 is 5.11 Å². The van der Waals surface area contributed by atoms with E-state index in [1.165, 1.54) is 0 Å². The number of aliphatic hydroxyl groups is 1. The molecule has 0 bridgehead atoms. The van der Waals surface area contributed by atoms with Crippen molar-refractivity contribution in [3.05, 3.63) is 0 Å². The molecule has 1 N–H and O–H groups in total. The van der Waals surface area contributed by atoms with Crippen molar-refractivity contribution in [3.63, 3.8) is 0 Å². The first-order valence-electron chi connectivity index (χ1n) is 4.29. The molecule has 0 saturated carbocycles. The van der Waals surface area contributed by atoms with Gasteiger partial charge in [-0.05, 0) is 11.7 Å². The summed E-state index contributed by atoms with van der Waals surface area (Å²) in [5, 5.41) is 8.71. The summed E-state index contributed by atoms with van der Waals surface area (Å²) in [6, 6.07) is 0. The Morgan fingerprint density at radius 1 is 1.42 bits per heavy atom. The van der Waals surface area contributed by atoms with Gasteiger partial charge in [-0.1, -0.05) is 20.8 Å². The standard InChI is InChI=1S/C9H18O2S/c1-7(2)9(11)6-12-5-8(3)4-10/h7-8,10H,4-6H2,1-3H3. The number of aliphatic hydroxyl groups excluding tert-OH is 1. The second kappa shape index (κ2) is 6.49. The second-order valence-electron chi connectivity index (χ2n) is 3.42. The predicted molar refractivity (Wildman–Crippen MR) is 53.4 cm³/mol. The normalized spacial score (nSPS) is 13.4. The SMILES string of the molecule is CC(CO)CSCC(=O)C(C)C. The summed E-state index contributed by atoms with van der Waals surface area (Å²) in [4.78, 5) is 11.1. The summed E-state index contributed by atoms with van der Waals surface area (Å²) < 4.78 is 0. The molecule has 0 fully saturated rings. The van der Waals surface area contributed by atoms with Gasteiger partial charge >= 0.3 is 0 Å². The number of hydrogen-bond acceptors (Lipinski definition) is 3. The molecule has 72 valence electrons. The fourth-order valence-corrected chi connectivity index (χ4v) is 1.74. The fourth-order valence-electron chi connectivity index (χ4n) is 0.580. The molecule has 0 heterocycles. The summed E-state index contributed by atoms with van der Waals surface area (Å²) >= 11 is 1.61. The second-order valence-corrected chi connectivity index (χ2v) is 4.45. The third kappa shape index (κ3) is 5.61. The highest BCUT2D eigenvalue weighted by Crippen LogP contribution is 2.09. The fraction of sp³-hybridized carbons (Fsp3) is 0.889. The lowest BCUT2D eigenvalue weighted by atomic mass is 10.1. The van der Waals surface area contributed by atoms with Crippen molar-refractivity contribution in [1.29, 1.82) is 0 Å². The summed E-state index contributed by atoms with van der Waals surface area (Å²) in [6.45, 7) is 6.02. The summed E-state index contributed by atoms with van der Waals surface area (Å²) in [7, 11) is 0. The smallest absolute Gasteiger partial charge is 0.145 e. The molecule has 0 aromatic rings. The minimum absolute atomic E-state index is 0.141. The monoisotopic (exact) mass is 190 g/mol. The molecule has 2 nitrogen and oxygen atoms in total. The van der Waals surface area contributed by atoms with Gasteiger partial charge in [0.05, 0.1) is 5.75 Å². The van der Waals surface area contributed by atoms with E-state index >= 15 is 0 Å². The molecule has 3 heteroatoms. The largest absolute Gasteiger partial charge is 0.396 e. The first kappa shape index (κ1) is 12.0. The lowest BCUT2D eigenvalue weighted by Crippen LogP contribution is -2.12.